The maximum atomic E-state index is 11.7. The molecule has 0 fully saturated rings. The van der Waals surface area contributed by atoms with Gasteiger partial charge in [-0.3, -0.25) is 9.48 Å². The van der Waals surface area contributed by atoms with Crippen molar-refractivity contribution in [3.63, 3.8) is 0 Å². The lowest BCUT2D eigenvalue weighted by atomic mass is 10.1. The summed E-state index contributed by atoms with van der Waals surface area (Å²) in [6.45, 7) is 1.18. The number of carbonyl (C=O) groups is 1. The van der Waals surface area contributed by atoms with Crippen molar-refractivity contribution < 1.29 is 9.53 Å². The summed E-state index contributed by atoms with van der Waals surface area (Å²) in [5, 5.41) is 6.83. The Hall–Kier alpha value is -2.37. The first-order valence-corrected chi connectivity index (χ1v) is 6.50. The van der Waals surface area contributed by atoms with E-state index >= 15 is 0 Å². The smallest absolute Gasteiger partial charge is 0.220 e. The van der Waals surface area contributed by atoms with Crippen LogP contribution in [0.1, 0.15) is 12.0 Å². The van der Waals surface area contributed by atoms with Gasteiger partial charge in [-0.05, 0) is 18.1 Å². The quantitative estimate of drug-likeness (QED) is 0.819. The topological polar surface area (TPSA) is 69.0 Å². The molecule has 0 atom stereocenters. The average molecular weight is 274 g/mol. The molecule has 0 saturated heterocycles. The predicted molar refractivity (Wildman–Crippen MR) is 74.3 cm³/mol. The molecule has 20 heavy (non-hydrogen) atoms. The lowest BCUT2D eigenvalue weighted by Gasteiger charge is -2.08. The molecule has 6 heteroatoms. The van der Waals surface area contributed by atoms with Crippen molar-refractivity contribution in [2.75, 3.05) is 13.7 Å². The van der Waals surface area contributed by atoms with Gasteiger partial charge in [0, 0.05) is 13.0 Å². The molecule has 0 unspecified atom stereocenters. The molecule has 0 aliphatic rings. The molecule has 0 spiro atoms. The number of hydrogen-bond acceptors (Lipinski definition) is 4. The molecule has 2 aromatic rings. The van der Waals surface area contributed by atoms with Gasteiger partial charge < -0.3 is 10.1 Å². The number of nitrogens with one attached hydrogen (secondary N) is 1. The summed E-state index contributed by atoms with van der Waals surface area (Å²) in [5.74, 6) is 0.846. The normalized spacial score (nSPS) is 10.2. The number of hydrogen-bond donors (Lipinski definition) is 1. The van der Waals surface area contributed by atoms with Crippen LogP contribution in [0.15, 0.2) is 36.9 Å². The standard InChI is InChI=1S/C14H18N4O2/c1-20-13-5-3-2-4-12(13)6-7-14(19)16-8-9-18-11-15-10-17-18/h2-5,10-11H,6-9H2,1H3,(H,16,19). The lowest BCUT2D eigenvalue weighted by molar-refractivity contribution is -0.121. The summed E-state index contributed by atoms with van der Waals surface area (Å²) in [7, 11) is 1.64. The number of rotatable bonds is 7. The van der Waals surface area contributed by atoms with E-state index in [1.165, 1.54) is 6.33 Å². The molecule has 0 bridgehead atoms. The molecule has 0 aliphatic carbocycles. The minimum absolute atomic E-state index is 0.0241. The Morgan fingerprint density at radius 3 is 3.00 bits per heavy atom. The number of aromatic nitrogens is 3. The minimum Gasteiger partial charge on any atom is -0.496 e. The van der Waals surface area contributed by atoms with E-state index in [2.05, 4.69) is 15.4 Å². The van der Waals surface area contributed by atoms with Crippen molar-refractivity contribution in [1.82, 2.24) is 20.1 Å². The van der Waals surface area contributed by atoms with Crippen LogP contribution in [0.25, 0.3) is 0 Å². The first-order chi connectivity index (χ1) is 9.79. The first kappa shape index (κ1) is 14.0. The highest BCUT2D eigenvalue weighted by Gasteiger charge is 2.05. The van der Waals surface area contributed by atoms with Crippen LogP contribution in [0.5, 0.6) is 5.75 Å². The fourth-order valence-corrected chi connectivity index (χ4v) is 1.90. The van der Waals surface area contributed by atoms with Gasteiger partial charge >= 0.3 is 0 Å². The van der Waals surface area contributed by atoms with E-state index in [-0.39, 0.29) is 5.91 Å². The molecule has 2 rings (SSSR count). The Morgan fingerprint density at radius 1 is 1.40 bits per heavy atom. The highest BCUT2D eigenvalue weighted by Crippen LogP contribution is 2.18. The number of aryl methyl sites for hydroxylation is 1. The number of carbonyl (C=O) groups excluding carboxylic acids is 1. The molecular formula is C14H18N4O2. The number of para-hydroxylation sites is 1. The molecule has 0 aliphatic heterocycles. The van der Waals surface area contributed by atoms with Crippen LogP contribution < -0.4 is 10.1 Å². The van der Waals surface area contributed by atoms with Gasteiger partial charge in [-0.2, -0.15) is 5.10 Å². The monoisotopic (exact) mass is 274 g/mol. The average Bonchev–Trinajstić information content (AvgIpc) is 2.98. The number of benzene rings is 1. The predicted octanol–water partition coefficient (Wildman–Crippen LogP) is 1.04. The largest absolute Gasteiger partial charge is 0.496 e. The Labute approximate surface area is 117 Å². The second kappa shape index (κ2) is 7.28. The van der Waals surface area contributed by atoms with E-state index in [0.717, 1.165) is 11.3 Å². The zero-order valence-electron chi connectivity index (χ0n) is 11.5. The van der Waals surface area contributed by atoms with Crippen LogP contribution in [0.3, 0.4) is 0 Å². The van der Waals surface area contributed by atoms with E-state index in [1.807, 2.05) is 24.3 Å². The van der Waals surface area contributed by atoms with Crippen molar-refractivity contribution in [2.24, 2.45) is 0 Å². The zero-order chi connectivity index (χ0) is 14.2. The van der Waals surface area contributed by atoms with Crippen LogP contribution in [-0.4, -0.2) is 34.3 Å². The minimum atomic E-state index is 0.0241. The van der Waals surface area contributed by atoms with Gasteiger partial charge in [-0.1, -0.05) is 18.2 Å². The molecular weight excluding hydrogens is 256 g/mol. The van der Waals surface area contributed by atoms with Gasteiger partial charge in [0.05, 0.1) is 13.7 Å². The highest BCUT2D eigenvalue weighted by atomic mass is 16.5. The maximum absolute atomic E-state index is 11.7. The van der Waals surface area contributed by atoms with Crippen molar-refractivity contribution in [1.29, 1.82) is 0 Å². The van der Waals surface area contributed by atoms with Crippen LogP contribution in [0.4, 0.5) is 0 Å². The second-order valence-electron chi connectivity index (χ2n) is 4.32. The molecule has 6 nitrogen and oxygen atoms in total. The van der Waals surface area contributed by atoms with Gasteiger partial charge in [0.15, 0.2) is 0 Å². The van der Waals surface area contributed by atoms with E-state index in [1.54, 1.807) is 18.1 Å². The van der Waals surface area contributed by atoms with Gasteiger partial charge in [-0.15, -0.1) is 0 Å². The van der Waals surface area contributed by atoms with Gasteiger partial charge in [0.1, 0.15) is 18.4 Å². The zero-order valence-corrected chi connectivity index (χ0v) is 11.5. The van der Waals surface area contributed by atoms with Crippen LogP contribution in [-0.2, 0) is 17.8 Å². The summed E-state index contributed by atoms with van der Waals surface area (Å²) < 4.78 is 6.94. The number of methoxy groups -OCH3 is 1. The van der Waals surface area contributed by atoms with Crippen LogP contribution in [0.2, 0.25) is 0 Å². The Kier molecular flexibility index (Phi) is 5.11. The third-order valence-electron chi connectivity index (χ3n) is 2.94. The number of ether oxygens (including phenoxy) is 1. The first-order valence-electron chi connectivity index (χ1n) is 6.50. The van der Waals surface area contributed by atoms with Gasteiger partial charge in [-0.25, -0.2) is 4.98 Å². The number of nitrogens with zero attached hydrogens (tertiary/aromatic N) is 3. The van der Waals surface area contributed by atoms with E-state index < -0.39 is 0 Å². The van der Waals surface area contributed by atoms with Crippen molar-refractivity contribution in [2.45, 2.75) is 19.4 Å². The van der Waals surface area contributed by atoms with Crippen LogP contribution in [0, 0.1) is 0 Å². The third-order valence-corrected chi connectivity index (χ3v) is 2.94. The molecule has 1 heterocycles. The van der Waals surface area contributed by atoms with Crippen molar-refractivity contribution in [3.05, 3.63) is 42.5 Å². The van der Waals surface area contributed by atoms with Gasteiger partial charge in [0.25, 0.3) is 0 Å². The Bertz CT molecular complexity index is 540. The van der Waals surface area contributed by atoms with E-state index in [4.69, 9.17) is 4.74 Å². The summed E-state index contributed by atoms with van der Waals surface area (Å²) in [5.41, 5.74) is 1.04. The fourth-order valence-electron chi connectivity index (χ4n) is 1.90. The molecule has 1 amide bonds. The molecule has 106 valence electrons. The summed E-state index contributed by atoms with van der Waals surface area (Å²) in [6, 6.07) is 7.74. The molecule has 1 aromatic heterocycles. The second-order valence-corrected chi connectivity index (χ2v) is 4.32. The number of amides is 1. The maximum Gasteiger partial charge on any atom is 0.220 e. The van der Waals surface area contributed by atoms with Gasteiger partial charge in [0.2, 0.25) is 5.91 Å². The van der Waals surface area contributed by atoms with Crippen molar-refractivity contribution in [3.8, 4) is 5.75 Å². The summed E-state index contributed by atoms with van der Waals surface area (Å²) >= 11 is 0. The fraction of sp³-hybridized carbons (Fsp3) is 0.357. The Morgan fingerprint density at radius 2 is 2.25 bits per heavy atom. The summed E-state index contributed by atoms with van der Waals surface area (Å²) in [4.78, 5) is 15.6. The van der Waals surface area contributed by atoms with Crippen molar-refractivity contribution >= 4 is 5.91 Å². The highest BCUT2D eigenvalue weighted by molar-refractivity contribution is 5.76. The van der Waals surface area contributed by atoms with E-state index in [9.17, 15) is 4.79 Å². The van der Waals surface area contributed by atoms with Crippen LogP contribution >= 0.6 is 0 Å². The molecule has 0 saturated carbocycles. The van der Waals surface area contributed by atoms with E-state index in [0.29, 0.717) is 25.9 Å². The third kappa shape index (κ3) is 4.08. The molecule has 1 aromatic carbocycles. The molecule has 0 radical (unpaired) electrons. The Balaban J connectivity index is 1.72. The lowest BCUT2D eigenvalue weighted by Crippen LogP contribution is -2.27. The summed E-state index contributed by atoms with van der Waals surface area (Å²) in [6.07, 6.45) is 4.21. The SMILES string of the molecule is COc1ccccc1CCC(=O)NCCn1cncn1. The molecule has 1 N–H and O–H groups in total.